The molecule has 3 aromatic carbocycles. The maximum atomic E-state index is 14.2. The van der Waals surface area contributed by atoms with E-state index in [1.807, 2.05) is 58.0 Å². The van der Waals surface area contributed by atoms with E-state index in [-0.39, 0.29) is 39.7 Å². The SMILES string of the molecule is CC[C@H](C(=O)NCC(C)C)N(Cc1ccccc1)C(=O)CN(c1cc(Cl)ccc1OC)S(=O)(=O)c1ccc(C)cc1. The number of nitrogens with one attached hydrogen (secondary N) is 1. The lowest BCUT2D eigenvalue weighted by Crippen LogP contribution is -2.52. The summed E-state index contributed by atoms with van der Waals surface area (Å²) in [6.07, 6.45) is 0.341. The number of benzene rings is 3. The normalized spacial score (nSPS) is 12.1. The lowest BCUT2D eigenvalue weighted by Gasteiger charge is -2.33. The topological polar surface area (TPSA) is 96.0 Å². The van der Waals surface area contributed by atoms with Crippen LogP contribution in [-0.4, -0.2) is 51.4 Å². The Balaban J connectivity index is 2.10. The summed E-state index contributed by atoms with van der Waals surface area (Å²) in [4.78, 5) is 28.9. The number of sulfonamides is 1. The molecule has 0 spiro atoms. The van der Waals surface area contributed by atoms with Crippen LogP contribution in [0.25, 0.3) is 0 Å². The van der Waals surface area contributed by atoms with Gasteiger partial charge in [0.15, 0.2) is 0 Å². The van der Waals surface area contributed by atoms with Gasteiger partial charge in [-0.15, -0.1) is 0 Å². The third-order valence-electron chi connectivity index (χ3n) is 6.56. The van der Waals surface area contributed by atoms with Crippen LogP contribution >= 0.6 is 11.6 Å². The molecule has 0 aromatic heterocycles. The fourth-order valence-corrected chi connectivity index (χ4v) is 5.91. The molecule has 0 aliphatic carbocycles. The van der Waals surface area contributed by atoms with Crippen molar-refractivity contribution < 1.29 is 22.7 Å². The van der Waals surface area contributed by atoms with Gasteiger partial charge >= 0.3 is 0 Å². The van der Waals surface area contributed by atoms with Crippen molar-refractivity contribution in [2.75, 3.05) is 24.5 Å². The second-order valence-corrected chi connectivity index (χ2v) is 12.5. The largest absolute Gasteiger partial charge is 0.495 e. The van der Waals surface area contributed by atoms with Crippen LogP contribution in [-0.2, 0) is 26.2 Å². The number of amides is 2. The van der Waals surface area contributed by atoms with Gasteiger partial charge in [0.05, 0.1) is 17.7 Å². The third kappa shape index (κ3) is 8.24. The van der Waals surface area contributed by atoms with Crippen LogP contribution in [0.1, 0.15) is 38.3 Å². The number of rotatable bonds is 13. The van der Waals surface area contributed by atoms with Crippen molar-refractivity contribution >= 4 is 39.1 Å². The summed E-state index contributed by atoms with van der Waals surface area (Å²) < 4.78 is 34.6. The van der Waals surface area contributed by atoms with E-state index in [9.17, 15) is 18.0 Å². The van der Waals surface area contributed by atoms with Crippen LogP contribution in [0, 0.1) is 12.8 Å². The average molecular weight is 600 g/mol. The quantitative estimate of drug-likeness (QED) is 0.283. The molecule has 0 unspecified atom stereocenters. The van der Waals surface area contributed by atoms with Gasteiger partial charge in [-0.25, -0.2) is 8.42 Å². The highest BCUT2D eigenvalue weighted by molar-refractivity contribution is 7.92. The Morgan fingerprint density at radius 2 is 1.66 bits per heavy atom. The van der Waals surface area contributed by atoms with Crippen LogP contribution < -0.4 is 14.4 Å². The van der Waals surface area contributed by atoms with E-state index in [0.29, 0.717) is 13.0 Å². The highest BCUT2D eigenvalue weighted by Crippen LogP contribution is 2.35. The molecule has 0 bridgehead atoms. The van der Waals surface area contributed by atoms with Crippen LogP contribution in [0.4, 0.5) is 5.69 Å². The number of nitrogens with zero attached hydrogens (tertiary/aromatic N) is 2. The van der Waals surface area contributed by atoms with E-state index < -0.39 is 28.5 Å². The Labute approximate surface area is 248 Å². The molecule has 3 aromatic rings. The Kier molecular flexibility index (Phi) is 11.2. The fraction of sp³-hybridized carbons (Fsp3) is 0.355. The first-order chi connectivity index (χ1) is 19.5. The number of carbonyl (C=O) groups is 2. The number of hydrogen-bond donors (Lipinski definition) is 1. The Morgan fingerprint density at radius 3 is 2.24 bits per heavy atom. The molecule has 0 saturated heterocycles. The predicted molar refractivity (Wildman–Crippen MR) is 163 cm³/mol. The second-order valence-electron chi connectivity index (χ2n) is 10.2. The van der Waals surface area contributed by atoms with Crippen molar-refractivity contribution in [2.24, 2.45) is 5.92 Å². The van der Waals surface area contributed by atoms with Crippen LogP contribution in [0.2, 0.25) is 5.02 Å². The molecule has 220 valence electrons. The summed E-state index contributed by atoms with van der Waals surface area (Å²) in [7, 11) is -2.83. The third-order valence-corrected chi connectivity index (χ3v) is 8.57. The minimum Gasteiger partial charge on any atom is -0.495 e. The Bertz CT molecular complexity index is 1430. The zero-order valence-corrected chi connectivity index (χ0v) is 25.7. The molecule has 3 rings (SSSR count). The molecule has 1 atom stereocenters. The Morgan fingerprint density at radius 1 is 1.00 bits per heavy atom. The highest BCUT2D eigenvalue weighted by atomic mass is 35.5. The summed E-state index contributed by atoms with van der Waals surface area (Å²) in [6, 6.07) is 19.4. The monoisotopic (exact) mass is 599 g/mol. The van der Waals surface area contributed by atoms with Crippen LogP contribution in [0.15, 0.2) is 77.7 Å². The first-order valence-corrected chi connectivity index (χ1v) is 15.3. The van der Waals surface area contributed by atoms with E-state index in [4.69, 9.17) is 16.3 Å². The zero-order valence-electron chi connectivity index (χ0n) is 24.1. The molecule has 2 amide bonds. The highest BCUT2D eigenvalue weighted by Gasteiger charge is 2.35. The second kappa shape index (κ2) is 14.4. The molecular formula is C31H38ClN3O5S. The van der Waals surface area contributed by atoms with Gasteiger partial charge in [0, 0.05) is 18.1 Å². The molecular weight excluding hydrogens is 562 g/mol. The van der Waals surface area contributed by atoms with Crippen molar-refractivity contribution in [2.45, 2.75) is 51.6 Å². The summed E-state index contributed by atoms with van der Waals surface area (Å²) in [5.41, 5.74) is 1.81. The number of aryl methyl sites for hydroxylation is 1. The van der Waals surface area contributed by atoms with Gasteiger partial charge in [-0.2, -0.15) is 0 Å². The average Bonchev–Trinajstić information content (AvgIpc) is 2.95. The number of hydrogen-bond acceptors (Lipinski definition) is 5. The first-order valence-electron chi connectivity index (χ1n) is 13.5. The first kappa shape index (κ1) is 32.0. The number of halogens is 1. The number of ether oxygens (including phenoxy) is 1. The molecule has 0 radical (unpaired) electrons. The zero-order chi connectivity index (χ0) is 30.2. The van der Waals surface area contributed by atoms with Gasteiger partial charge in [0.2, 0.25) is 11.8 Å². The molecule has 10 heteroatoms. The summed E-state index contributed by atoms with van der Waals surface area (Å²) in [6.45, 7) is 7.66. The van der Waals surface area contributed by atoms with E-state index in [0.717, 1.165) is 15.4 Å². The van der Waals surface area contributed by atoms with Gasteiger partial charge in [0.1, 0.15) is 18.3 Å². The summed E-state index contributed by atoms with van der Waals surface area (Å²) in [5.74, 6) is -0.383. The van der Waals surface area contributed by atoms with Crippen molar-refractivity contribution in [3.05, 3.63) is 88.9 Å². The summed E-state index contributed by atoms with van der Waals surface area (Å²) >= 11 is 6.29. The fourth-order valence-electron chi connectivity index (χ4n) is 4.33. The molecule has 0 saturated carbocycles. The molecule has 41 heavy (non-hydrogen) atoms. The summed E-state index contributed by atoms with van der Waals surface area (Å²) in [5, 5.41) is 3.20. The van der Waals surface area contributed by atoms with Gasteiger partial charge < -0.3 is 15.0 Å². The van der Waals surface area contributed by atoms with Gasteiger partial charge in [0.25, 0.3) is 10.0 Å². The van der Waals surface area contributed by atoms with Crippen molar-refractivity contribution in [3.8, 4) is 5.75 Å². The maximum absolute atomic E-state index is 14.2. The maximum Gasteiger partial charge on any atom is 0.264 e. The van der Waals surface area contributed by atoms with Crippen LogP contribution in [0.3, 0.4) is 0 Å². The molecule has 0 fully saturated rings. The minimum atomic E-state index is -4.25. The Hall–Kier alpha value is -3.56. The standard InChI is InChI=1S/C31H38ClN3O5S/c1-6-27(31(37)33-19-22(2)3)34(20-24-10-8-7-9-11-24)30(36)21-35(28-18-25(32)14-17-29(28)40-5)41(38,39)26-15-12-23(4)13-16-26/h7-18,22,27H,6,19-21H2,1-5H3,(H,33,37)/t27-/m1/s1. The van der Waals surface area contributed by atoms with Crippen molar-refractivity contribution in [1.82, 2.24) is 10.2 Å². The van der Waals surface area contributed by atoms with Gasteiger partial charge in [-0.05, 0) is 55.2 Å². The lowest BCUT2D eigenvalue weighted by atomic mass is 10.1. The number of carbonyl (C=O) groups excluding carboxylic acids is 2. The van der Waals surface area contributed by atoms with Gasteiger partial charge in [-0.1, -0.05) is 80.4 Å². The molecule has 8 nitrogen and oxygen atoms in total. The van der Waals surface area contributed by atoms with E-state index in [2.05, 4.69) is 5.32 Å². The van der Waals surface area contributed by atoms with Gasteiger partial charge in [-0.3, -0.25) is 13.9 Å². The molecule has 0 aliphatic heterocycles. The van der Waals surface area contributed by atoms with Crippen molar-refractivity contribution in [3.63, 3.8) is 0 Å². The smallest absolute Gasteiger partial charge is 0.264 e. The molecule has 1 N–H and O–H groups in total. The molecule has 0 aliphatic rings. The molecule has 0 heterocycles. The number of anilines is 1. The predicted octanol–water partition coefficient (Wildman–Crippen LogP) is 5.43. The van der Waals surface area contributed by atoms with Crippen molar-refractivity contribution in [1.29, 1.82) is 0 Å². The van der Waals surface area contributed by atoms with E-state index in [1.54, 1.807) is 24.3 Å². The van der Waals surface area contributed by atoms with E-state index >= 15 is 0 Å². The lowest BCUT2D eigenvalue weighted by molar-refractivity contribution is -0.140. The van der Waals surface area contributed by atoms with E-state index in [1.165, 1.54) is 30.2 Å². The van der Waals surface area contributed by atoms with Crippen LogP contribution in [0.5, 0.6) is 5.75 Å². The minimum absolute atomic E-state index is 0.00857. The number of methoxy groups -OCH3 is 1.